The van der Waals surface area contributed by atoms with Crippen LogP contribution in [0.3, 0.4) is 0 Å². The first-order valence-electron chi connectivity index (χ1n) is 8.83. The van der Waals surface area contributed by atoms with Gasteiger partial charge in [-0.15, -0.1) is 0 Å². The van der Waals surface area contributed by atoms with Crippen LogP contribution in [-0.2, 0) is 16.6 Å². The highest BCUT2D eigenvalue weighted by Crippen LogP contribution is 2.51. The highest BCUT2D eigenvalue weighted by Gasteiger charge is 2.56. The summed E-state index contributed by atoms with van der Waals surface area (Å²) in [4.78, 5) is 29.0. The Balaban J connectivity index is 1.45. The van der Waals surface area contributed by atoms with Crippen LogP contribution in [0.5, 0.6) is 0 Å². The Hall–Kier alpha value is -1.89. The molecule has 7 nitrogen and oxygen atoms in total. The van der Waals surface area contributed by atoms with E-state index in [1.807, 2.05) is 13.2 Å². The minimum absolute atomic E-state index is 0.0808. The fourth-order valence-corrected chi connectivity index (χ4v) is 4.56. The van der Waals surface area contributed by atoms with Gasteiger partial charge in [-0.3, -0.25) is 14.3 Å². The first kappa shape index (κ1) is 15.6. The molecule has 3 aliphatic rings. The van der Waals surface area contributed by atoms with Crippen molar-refractivity contribution in [2.75, 3.05) is 24.5 Å². The van der Waals surface area contributed by atoms with Gasteiger partial charge in [-0.2, -0.15) is 5.10 Å². The monoisotopic (exact) mass is 331 g/mol. The number of carbonyl (C=O) groups excluding carboxylic acids is 2. The van der Waals surface area contributed by atoms with Crippen molar-refractivity contribution in [3.8, 4) is 0 Å². The summed E-state index contributed by atoms with van der Waals surface area (Å²) in [5.41, 5.74) is 6.61. The lowest BCUT2D eigenvalue weighted by molar-refractivity contribution is -0.166. The van der Waals surface area contributed by atoms with Gasteiger partial charge in [-0.25, -0.2) is 0 Å². The molecule has 130 valence electrons. The van der Waals surface area contributed by atoms with Gasteiger partial charge in [0.05, 0.1) is 17.8 Å². The van der Waals surface area contributed by atoms with Gasteiger partial charge in [-0.05, 0) is 38.1 Å². The Kier molecular flexibility index (Phi) is 3.63. The number of rotatable bonds is 3. The lowest BCUT2D eigenvalue weighted by Crippen LogP contribution is -2.70. The van der Waals surface area contributed by atoms with Crippen LogP contribution >= 0.6 is 0 Å². The molecule has 24 heavy (non-hydrogen) atoms. The molecule has 3 fully saturated rings. The highest BCUT2D eigenvalue weighted by molar-refractivity contribution is 5.96. The number of likely N-dealkylation sites (tertiary alicyclic amines) is 1. The third-order valence-corrected chi connectivity index (χ3v) is 6.07. The zero-order valence-corrected chi connectivity index (χ0v) is 14.1. The molecule has 0 aromatic carbocycles. The molecule has 1 saturated carbocycles. The van der Waals surface area contributed by atoms with Gasteiger partial charge in [0.1, 0.15) is 0 Å². The molecule has 7 heteroatoms. The Morgan fingerprint density at radius 2 is 2.25 bits per heavy atom. The Bertz CT molecular complexity index is 664. The fraction of sp³-hybridized carbons (Fsp3) is 0.706. The average molecular weight is 331 g/mol. The van der Waals surface area contributed by atoms with Gasteiger partial charge < -0.3 is 15.5 Å². The second kappa shape index (κ2) is 5.58. The van der Waals surface area contributed by atoms with Crippen molar-refractivity contribution in [3.05, 3.63) is 12.4 Å². The predicted molar refractivity (Wildman–Crippen MR) is 89.1 cm³/mol. The number of nitrogens with zero attached hydrogens (tertiary/aromatic N) is 4. The second-order valence-electron chi connectivity index (χ2n) is 7.59. The van der Waals surface area contributed by atoms with E-state index in [0.29, 0.717) is 25.3 Å². The van der Waals surface area contributed by atoms with E-state index in [1.54, 1.807) is 15.8 Å². The standard InChI is InChI=1S/C17H25N5O2/c1-20-11-14(9-19-20)21-10-13(2-3-15(21)23)16(24)22-5-4-17(22)6-12(7-17)8-18/h9,11-13H,2-8,10,18H2,1H3. The van der Waals surface area contributed by atoms with Gasteiger partial charge >= 0.3 is 0 Å². The Labute approximate surface area is 141 Å². The molecule has 0 bridgehead atoms. The number of aryl methyl sites for hydroxylation is 1. The van der Waals surface area contributed by atoms with Crippen LogP contribution in [0.1, 0.15) is 32.1 Å². The summed E-state index contributed by atoms with van der Waals surface area (Å²) >= 11 is 0. The molecule has 4 rings (SSSR count). The number of hydrogen-bond donors (Lipinski definition) is 1. The normalized spacial score (nSPS) is 32.7. The summed E-state index contributed by atoms with van der Waals surface area (Å²) in [5, 5.41) is 4.14. The number of aromatic nitrogens is 2. The first-order chi connectivity index (χ1) is 11.5. The van der Waals surface area contributed by atoms with E-state index in [4.69, 9.17) is 5.73 Å². The maximum Gasteiger partial charge on any atom is 0.227 e. The van der Waals surface area contributed by atoms with E-state index in [1.165, 1.54) is 0 Å². The van der Waals surface area contributed by atoms with Crippen LogP contribution in [0.25, 0.3) is 0 Å². The molecule has 1 aliphatic carbocycles. The van der Waals surface area contributed by atoms with Crippen molar-refractivity contribution in [2.45, 2.75) is 37.6 Å². The fourth-order valence-electron chi connectivity index (χ4n) is 4.56. The highest BCUT2D eigenvalue weighted by atomic mass is 16.2. The average Bonchev–Trinajstić information content (AvgIpc) is 2.92. The van der Waals surface area contributed by atoms with Gasteiger partial charge in [0.15, 0.2) is 0 Å². The topological polar surface area (TPSA) is 84.5 Å². The lowest BCUT2D eigenvalue weighted by Gasteiger charge is -2.62. The van der Waals surface area contributed by atoms with Crippen LogP contribution in [0.4, 0.5) is 5.69 Å². The predicted octanol–water partition coefficient (Wildman–Crippen LogP) is 0.503. The smallest absolute Gasteiger partial charge is 0.227 e. The molecule has 1 aromatic rings. The molecular formula is C17H25N5O2. The molecule has 1 aromatic heterocycles. The van der Waals surface area contributed by atoms with E-state index < -0.39 is 0 Å². The molecule has 1 atom stereocenters. The van der Waals surface area contributed by atoms with E-state index in [9.17, 15) is 9.59 Å². The van der Waals surface area contributed by atoms with Crippen molar-refractivity contribution in [1.82, 2.24) is 14.7 Å². The van der Waals surface area contributed by atoms with Gasteiger partial charge in [0.25, 0.3) is 0 Å². The van der Waals surface area contributed by atoms with Crippen LogP contribution in [-0.4, -0.2) is 51.7 Å². The maximum absolute atomic E-state index is 13.0. The minimum atomic E-state index is -0.1000. The molecule has 1 spiro atoms. The van der Waals surface area contributed by atoms with Crippen LogP contribution in [0, 0.1) is 11.8 Å². The number of nitrogens with two attached hydrogens (primary N) is 1. The Morgan fingerprint density at radius 3 is 2.83 bits per heavy atom. The van der Waals surface area contributed by atoms with Crippen molar-refractivity contribution in [1.29, 1.82) is 0 Å². The van der Waals surface area contributed by atoms with Crippen molar-refractivity contribution < 1.29 is 9.59 Å². The minimum Gasteiger partial charge on any atom is -0.337 e. The molecule has 3 heterocycles. The lowest BCUT2D eigenvalue weighted by atomic mass is 9.61. The number of anilines is 1. The van der Waals surface area contributed by atoms with Crippen molar-refractivity contribution in [2.24, 2.45) is 24.6 Å². The van der Waals surface area contributed by atoms with E-state index in [0.717, 1.165) is 38.0 Å². The summed E-state index contributed by atoms with van der Waals surface area (Å²) in [6, 6.07) is 0. The zero-order valence-electron chi connectivity index (χ0n) is 14.1. The van der Waals surface area contributed by atoms with Crippen molar-refractivity contribution >= 4 is 17.5 Å². The molecule has 1 unspecified atom stereocenters. The summed E-state index contributed by atoms with van der Waals surface area (Å²) in [5.74, 6) is 0.771. The second-order valence-corrected chi connectivity index (χ2v) is 7.59. The van der Waals surface area contributed by atoms with Crippen LogP contribution in [0.15, 0.2) is 12.4 Å². The largest absolute Gasteiger partial charge is 0.337 e. The molecule has 2 aliphatic heterocycles. The van der Waals surface area contributed by atoms with Crippen LogP contribution in [0.2, 0.25) is 0 Å². The van der Waals surface area contributed by atoms with E-state index in [-0.39, 0.29) is 23.3 Å². The van der Waals surface area contributed by atoms with Crippen LogP contribution < -0.4 is 10.6 Å². The quantitative estimate of drug-likeness (QED) is 0.874. The number of carbonyl (C=O) groups is 2. The number of amides is 2. The summed E-state index contributed by atoms with van der Waals surface area (Å²) < 4.78 is 1.68. The summed E-state index contributed by atoms with van der Waals surface area (Å²) in [6.07, 6.45) is 7.80. The molecule has 2 N–H and O–H groups in total. The van der Waals surface area contributed by atoms with Gasteiger partial charge in [0.2, 0.25) is 11.8 Å². The molecular weight excluding hydrogens is 306 g/mol. The third-order valence-electron chi connectivity index (χ3n) is 6.07. The first-order valence-corrected chi connectivity index (χ1v) is 8.83. The summed E-state index contributed by atoms with van der Waals surface area (Å²) in [6.45, 7) is 2.04. The summed E-state index contributed by atoms with van der Waals surface area (Å²) in [7, 11) is 1.83. The zero-order chi connectivity index (χ0) is 16.9. The van der Waals surface area contributed by atoms with Gasteiger partial charge in [0, 0.05) is 38.3 Å². The van der Waals surface area contributed by atoms with Crippen molar-refractivity contribution in [3.63, 3.8) is 0 Å². The number of hydrogen-bond acceptors (Lipinski definition) is 4. The Morgan fingerprint density at radius 1 is 1.46 bits per heavy atom. The SMILES string of the molecule is Cn1cc(N2CC(C(=O)N3CCC34CC(CN)C4)CCC2=O)cn1. The van der Waals surface area contributed by atoms with Gasteiger partial charge in [-0.1, -0.05) is 0 Å². The molecule has 2 saturated heterocycles. The molecule has 0 radical (unpaired) electrons. The molecule has 2 amide bonds. The maximum atomic E-state index is 13.0. The number of piperidine rings is 1. The van der Waals surface area contributed by atoms with E-state index >= 15 is 0 Å². The van der Waals surface area contributed by atoms with E-state index in [2.05, 4.69) is 10.00 Å². The third kappa shape index (κ3) is 2.33.